The number of hydrogen-bond acceptors (Lipinski definition) is 4. The third kappa shape index (κ3) is 2.56. The highest BCUT2D eigenvalue weighted by Gasteiger charge is 2.22. The number of fused-ring (bicyclic) bond motifs is 1. The van der Waals surface area contributed by atoms with E-state index in [4.69, 9.17) is 16.1 Å². The van der Waals surface area contributed by atoms with E-state index in [2.05, 4.69) is 20.0 Å². The van der Waals surface area contributed by atoms with Crippen LogP contribution in [0.15, 0.2) is 16.9 Å². The number of carbonyl (C=O) groups is 1. The molecule has 3 rings (SSSR count). The molecule has 7 heteroatoms. The molecule has 1 aliphatic rings. The van der Waals surface area contributed by atoms with Gasteiger partial charge in [-0.05, 0) is 24.9 Å². The number of amides is 1. The van der Waals surface area contributed by atoms with Crippen LogP contribution in [0.1, 0.15) is 23.5 Å². The van der Waals surface area contributed by atoms with Gasteiger partial charge in [0.2, 0.25) is 11.1 Å². The van der Waals surface area contributed by atoms with E-state index in [1.807, 2.05) is 6.20 Å². The van der Waals surface area contributed by atoms with Crippen LogP contribution in [0.5, 0.6) is 0 Å². The zero-order chi connectivity index (χ0) is 14.1. The number of carbonyl (C=O) groups excluding carboxylic acids is 1. The first-order valence-electron chi connectivity index (χ1n) is 6.53. The smallest absolute Gasteiger partial charge is 0.229 e. The summed E-state index contributed by atoms with van der Waals surface area (Å²) in [5.74, 6) is 1.01. The van der Waals surface area contributed by atoms with Crippen LogP contribution in [-0.2, 0) is 24.2 Å². The summed E-state index contributed by atoms with van der Waals surface area (Å²) in [6.07, 6.45) is 5.71. The summed E-state index contributed by atoms with van der Waals surface area (Å²) < 4.78 is 6.92. The second-order valence-corrected chi connectivity index (χ2v) is 5.34. The second-order valence-electron chi connectivity index (χ2n) is 5.00. The van der Waals surface area contributed by atoms with Gasteiger partial charge in [0.15, 0.2) is 0 Å². The fourth-order valence-electron chi connectivity index (χ4n) is 2.48. The first-order chi connectivity index (χ1) is 9.63. The van der Waals surface area contributed by atoms with E-state index in [1.54, 1.807) is 13.1 Å². The van der Waals surface area contributed by atoms with Gasteiger partial charge in [-0.25, -0.2) is 4.98 Å². The molecule has 1 unspecified atom stereocenters. The van der Waals surface area contributed by atoms with Crippen LogP contribution < -0.4 is 5.32 Å². The standard InChI is InChI=1S/C13H15ClN4O2/c1-8-10(13(14)20-17-8)6-12(19)16-9-2-3-11-15-4-5-18(11)7-9/h4-5,9H,2-3,6-7H2,1H3,(H,16,19). The Morgan fingerprint density at radius 3 is 3.25 bits per heavy atom. The lowest BCUT2D eigenvalue weighted by Gasteiger charge is -2.24. The number of nitrogens with one attached hydrogen (secondary N) is 1. The average Bonchev–Trinajstić information content (AvgIpc) is 3.00. The van der Waals surface area contributed by atoms with Gasteiger partial charge in [0.1, 0.15) is 5.82 Å². The highest BCUT2D eigenvalue weighted by Crippen LogP contribution is 2.20. The van der Waals surface area contributed by atoms with Crippen molar-refractivity contribution >= 4 is 17.5 Å². The number of halogens is 1. The van der Waals surface area contributed by atoms with Crippen LogP contribution in [0.25, 0.3) is 0 Å². The van der Waals surface area contributed by atoms with Gasteiger partial charge in [-0.2, -0.15) is 0 Å². The molecule has 0 aromatic carbocycles. The number of hydrogen-bond donors (Lipinski definition) is 1. The maximum absolute atomic E-state index is 12.1. The third-order valence-electron chi connectivity index (χ3n) is 3.57. The van der Waals surface area contributed by atoms with Crippen LogP contribution in [-0.4, -0.2) is 26.7 Å². The van der Waals surface area contributed by atoms with E-state index < -0.39 is 0 Å². The van der Waals surface area contributed by atoms with E-state index in [-0.39, 0.29) is 23.6 Å². The van der Waals surface area contributed by atoms with Crippen LogP contribution in [0.4, 0.5) is 0 Å². The molecule has 6 nitrogen and oxygen atoms in total. The molecule has 1 aliphatic heterocycles. The van der Waals surface area contributed by atoms with Gasteiger partial charge in [0.05, 0.1) is 12.1 Å². The highest BCUT2D eigenvalue weighted by molar-refractivity contribution is 6.29. The monoisotopic (exact) mass is 294 g/mol. The quantitative estimate of drug-likeness (QED) is 0.931. The molecular formula is C13H15ClN4O2. The lowest BCUT2D eigenvalue weighted by atomic mass is 10.1. The van der Waals surface area contributed by atoms with Gasteiger partial charge in [-0.3, -0.25) is 4.79 Å². The molecule has 1 N–H and O–H groups in total. The van der Waals surface area contributed by atoms with Crippen molar-refractivity contribution < 1.29 is 9.32 Å². The van der Waals surface area contributed by atoms with Crippen molar-refractivity contribution in [2.75, 3.05) is 0 Å². The fourth-order valence-corrected chi connectivity index (χ4v) is 2.72. The van der Waals surface area contributed by atoms with Gasteiger partial charge in [0, 0.05) is 37.0 Å². The summed E-state index contributed by atoms with van der Waals surface area (Å²) >= 11 is 5.86. The first-order valence-corrected chi connectivity index (χ1v) is 6.91. The van der Waals surface area contributed by atoms with Gasteiger partial charge < -0.3 is 14.4 Å². The van der Waals surface area contributed by atoms with E-state index in [9.17, 15) is 4.79 Å². The van der Waals surface area contributed by atoms with Crippen LogP contribution >= 0.6 is 11.6 Å². The van der Waals surface area contributed by atoms with Crippen LogP contribution in [0, 0.1) is 6.92 Å². The van der Waals surface area contributed by atoms with Crippen molar-refractivity contribution in [1.29, 1.82) is 0 Å². The van der Waals surface area contributed by atoms with Gasteiger partial charge in [-0.1, -0.05) is 5.16 Å². The molecule has 0 spiro atoms. The summed E-state index contributed by atoms with van der Waals surface area (Å²) in [4.78, 5) is 16.3. The summed E-state index contributed by atoms with van der Waals surface area (Å²) in [6, 6.07) is 0.128. The van der Waals surface area contributed by atoms with Crippen LogP contribution in [0.3, 0.4) is 0 Å². The van der Waals surface area contributed by atoms with E-state index in [0.29, 0.717) is 11.3 Å². The predicted octanol–water partition coefficient (Wildman–Crippen LogP) is 1.51. The molecule has 3 heterocycles. The predicted molar refractivity (Wildman–Crippen MR) is 72.4 cm³/mol. The molecule has 2 aromatic rings. The zero-order valence-electron chi connectivity index (χ0n) is 11.1. The van der Waals surface area contributed by atoms with Crippen molar-refractivity contribution in [3.8, 4) is 0 Å². The lowest BCUT2D eigenvalue weighted by molar-refractivity contribution is -0.121. The number of imidazole rings is 1. The van der Waals surface area contributed by atoms with Crippen molar-refractivity contribution in [2.45, 2.75) is 38.8 Å². The van der Waals surface area contributed by atoms with Crippen LogP contribution in [0.2, 0.25) is 5.22 Å². The van der Waals surface area contributed by atoms with E-state index in [0.717, 1.165) is 25.2 Å². The SMILES string of the molecule is Cc1noc(Cl)c1CC(=O)NC1CCc2nccn2C1. The van der Waals surface area contributed by atoms with E-state index in [1.165, 1.54) is 0 Å². The molecular weight excluding hydrogens is 280 g/mol. The maximum atomic E-state index is 12.1. The van der Waals surface area contributed by atoms with Gasteiger partial charge in [-0.15, -0.1) is 0 Å². The maximum Gasteiger partial charge on any atom is 0.229 e. The number of rotatable bonds is 3. The number of aromatic nitrogens is 3. The Hall–Kier alpha value is -1.82. The summed E-state index contributed by atoms with van der Waals surface area (Å²) in [5.41, 5.74) is 1.31. The molecule has 0 fully saturated rings. The highest BCUT2D eigenvalue weighted by atomic mass is 35.5. The fraction of sp³-hybridized carbons (Fsp3) is 0.462. The van der Waals surface area contributed by atoms with Crippen molar-refractivity contribution in [3.63, 3.8) is 0 Å². The molecule has 0 bridgehead atoms. The molecule has 106 valence electrons. The third-order valence-corrected chi connectivity index (χ3v) is 3.87. The molecule has 0 aliphatic carbocycles. The molecule has 1 atom stereocenters. The Kier molecular flexibility index (Phi) is 3.48. The molecule has 0 saturated heterocycles. The molecule has 20 heavy (non-hydrogen) atoms. The van der Waals surface area contributed by atoms with Gasteiger partial charge in [0.25, 0.3) is 0 Å². The summed E-state index contributed by atoms with van der Waals surface area (Å²) in [5, 5.41) is 6.96. The Labute approximate surface area is 121 Å². The van der Waals surface area contributed by atoms with E-state index >= 15 is 0 Å². The Morgan fingerprint density at radius 2 is 2.50 bits per heavy atom. The Bertz CT molecular complexity index is 615. The summed E-state index contributed by atoms with van der Waals surface area (Å²) in [6.45, 7) is 2.54. The Balaban J connectivity index is 1.60. The lowest BCUT2D eigenvalue weighted by Crippen LogP contribution is -2.41. The first kappa shape index (κ1) is 13.2. The molecule has 0 radical (unpaired) electrons. The van der Waals surface area contributed by atoms with Crippen molar-refractivity contribution in [3.05, 3.63) is 34.7 Å². The largest absolute Gasteiger partial charge is 0.351 e. The van der Waals surface area contributed by atoms with Crippen molar-refractivity contribution in [2.24, 2.45) is 0 Å². The normalized spacial score (nSPS) is 17.8. The molecule has 2 aromatic heterocycles. The minimum Gasteiger partial charge on any atom is -0.351 e. The molecule has 0 saturated carbocycles. The number of aryl methyl sites for hydroxylation is 2. The minimum atomic E-state index is -0.0632. The summed E-state index contributed by atoms with van der Waals surface area (Å²) in [7, 11) is 0. The zero-order valence-corrected chi connectivity index (χ0v) is 11.9. The van der Waals surface area contributed by atoms with Gasteiger partial charge >= 0.3 is 0 Å². The van der Waals surface area contributed by atoms with Crippen molar-refractivity contribution in [1.82, 2.24) is 20.0 Å². The second kappa shape index (κ2) is 5.28. The molecule has 1 amide bonds. The minimum absolute atomic E-state index is 0.0632. The average molecular weight is 295 g/mol. The number of nitrogens with zero attached hydrogens (tertiary/aromatic N) is 3. The topological polar surface area (TPSA) is 73.0 Å². The Morgan fingerprint density at radius 1 is 1.65 bits per heavy atom.